The molecule has 0 N–H and O–H groups in total. The van der Waals surface area contributed by atoms with E-state index in [1.807, 2.05) is 6.07 Å². The number of halogens is 1. The Bertz CT molecular complexity index is 1570. The van der Waals surface area contributed by atoms with E-state index in [1.165, 1.54) is 12.4 Å². The summed E-state index contributed by atoms with van der Waals surface area (Å²) in [5, 5.41) is 9.46. The Morgan fingerprint density at radius 1 is 1.11 bits per heavy atom. The molecule has 4 aromatic heterocycles. The van der Waals surface area contributed by atoms with Crippen LogP contribution in [-0.4, -0.2) is 51.6 Å². The minimum atomic E-state index is -0.370. The molecule has 10 nitrogen and oxygen atoms in total. The minimum absolute atomic E-state index is 0.340. The van der Waals surface area contributed by atoms with Crippen LogP contribution in [0.5, 0.6) is 5.88 Å². The number of nitrogens with zero attached hydrogens (tertiary/aromatic N) is 9. The van der Waals surface area contributed by atoms with Crippen LogP contribution in [0.4, 0.5) is 4.39 Å². The molecule has 35 heavy (non-hydrogen) atoms. The molecule has 1 aliphatic carbocycles. The van der Waals surface area contributed by atoms with Gasteiger partial charge in [-0.3, -0.25) is 0 Å². The average molecular weight is 472 g/mol. The number of aromatic nitrogens is 9. The van der Waals surface area contributed by atoms with Crippen molar-refractivity contribution < 1.29 is 9.13 Å². The van der Waals surface area contributed by atoms with Gasteiger partial charge < -0.3 is 4.74 Å². The average Bonchev–Trinajstić information content (AvgIpc) is 3.55. The smallest absolute Gasteiger partial charge is 0.227 e. The Labute approximate surface area is 199 Å². The molecular formula is C24H22FN9O. The van der Waals surface area contributed by atoms with Gasteiger partial charge in [-0.15, -0.1) is 0 Å². The Morgan fingerprint density at radius 2 is 1.97 bits per heavy atom. The van der Waals surface area contributed by atoms with Crippen LogP contribution in [0.1, 0.15) is 35.8 Å². The van der Waals surface area contributed by atoms with Crippen LogP contribution in [-0.2, 0) is 13.6 Å². The van der Waals surface area contributed by atoms with E-state index < -0.39 is 0 Å². The van der Waals surface area contributed by atoms with E-state index in [1.54, 1.807) is 48.9 Å². The zero-order valence-electron chi connectivity index (χ0n) is 19.5. The van der Waals surface area contributed by atoms with Crippen molar-refractivity contribution in [3.63, 3.8) is 0 Å². The first kappa shape index (κ1) is 21.3. The van der Waals surface area contributed by atoms with E-state index in [4.69, 9.17) is 9.72 Å². The van der Waals surface area contributed by atoms with Crippen molar-refractivity contribution in [2.24, 2.45) is 7.05 Å². The topological polar surface area (TPSA) is 109 Å². The maximum Gasteiger partial charge on any atom is 0.227 e. The normalized spacial score (nSPS) is 13.5. The van der Waals surface area contributed by atoms with Crippen LogP contribution in [0.25, 0.3) is 33.8 Å². The Kier molecular flexibility index (Phi) is 4.97. The van der Waals surface area contributed by atoms with Crippen molar-refractivity contribution in [1.29, 1.82) is 0 Å². The van der Waals surface area contributed by atoms with Gasteiger partial charge in [-0.25, -0.2) is 38.7 Å². The third-order valence-corrected chi connectivity index (χ3v) is 6.08. The monoisotopic (exact) mass is 471 g/mol. The van der Waals surface area contributed by atoms with Gasteiger partial charge in [0.05, 0.1) is 36.5 Å². The number of hydrogen-bond donors (Lipinski definition) is 0. The zero-order chi connectivity index (χ0) is 24.1. The van der Waals surface area contributed by atoms with Crippen molar-refractivity contribution in [2.75, 3.05) is 7.11 Å². The first-order valence-electron chi connectivity index (χ1n) is 11.3. The third kappa shape index (κ3) is 3.78. The molecule has 1 aliphatic rings. The highest BCUT2D eigenvalue weighted by atomic mass is 19.1. The van der Waals surface area contributed by atoms with E-state index in [9.17, 15) is 4.39 Å². The summed E-state index contributed by atoms with van der Waals surface area (Å²) >= 11 is 0. The molecule has 0 atom stereocenters. The Balaban J connectivity index is 1.37. The maximum atomic E-state index is 15.0. The largest absolute Gasteiger partial charge is 0.480 e. The molecule has 0 amide bonds. The number of hydrogen-bond acceptors (Lipinski definition) is 8. The standard InChI is InChI=1S/C24H22FN9O/c1-13-30-23(33(2)32-13)17-7-4-14(8-18(17)25)11-34-22-16(10-29-34)9-26-21(31-22)19-20(15-5-6-15)27-12-28-24(19)35-3/h4,7-10,12,15H,5-6,11H2,1-3H3. The van der Waals surface area contributed by atoms with Crippen LogP contribution in [0, 0.1) is 12.7 Å². The van der Waals surface area contributed by atoms with E-state index in [0.29, 0.717) is 52.6 Å². The summed E-state index contributed by atoms with van der Waals surface area (Å²) in [4.78, 5) is 22.4. The highest BCUT2D eigenvalue weighted by molar-refractivity contribution is 5.77. The van der Waals surface area contributed by atoms with Crippen LogP contribution in [0.15, 0.2) is 36.9 Å². The van der Waals surface area contributed by atoms with Gasteiger partial charge in [0.25, 0.3) is 0 Å². The van der Waals surface area contributed by atoms with Gasteiger partial charge >= 0.3 is 0 Å². The number of ether oxygens (including phenoxy) is 1. The van der Waals surface area contributed by atoms with E-state index in [2.05, 4.69) is 30.1 Å². The summed E-state index contributed by atoms with van der Waals surface area (Å²) in [6.07, 6.45) is 7.09. The summed E-state index contributed by atoms with van der Waals surface area (Å²) in [6, 6.07) is 5.07. The molecule has 11 heteroatoms. The Hall–Kier alpha value is -4.28. The van der Waals surface area contributed by atoms with E-state index in [-0.39, 0.29) is 5.82 Å². The molecule has 176 valence electrons. The first-order chi connectivity index (χ1) is 17.0. The molecule has 0 saturated heterocycles. The molecule has 0 aliphatic heterocycles. The fourth-order valence-corrected chi connectivity index (χ4v) is 4.27. The predicted molar refractivity (Wildman–Crippen MR) is 125 cm³/mol. The predicted octanol–water partition coefficient (Wildman–Crippen LogP) is 3.46. The fourth-order valence-electron chi connectivity index (χ4n) is 4.27. The summed E-state index contributed by atoms with van der Waals surface area (Å²) in [7, 11) is 3.32. The third-order valence-electron chi connectivity index (χ3n) is 6.08. The highest BCUT2D eigenvalue weighted by Crippen LogP contribution is 2.44. The van der Waals surface area contributed by atoms with Crippen molar-refractivity contribution in [3.8, 4) is 28.7 Å². The molecule has 1 aromatic carbocycles. The number of methoxy groups -OCH3 is 1. The van der Waals surface area contributed by atoms with Crippen molar-refractivity contribution in [1.82, 2.24) is 44.5 Å². The SMILES string of the molecule is COc1ncnc(C2CC2)c1-c1ncc2cnn(Cc3ccc(-c4nc(C)nn4C)c(F)c3)c2n1. The molecule has 1 fully saturated rings. The second-order valence-corrected chi connectivity index (χ2v) is 8.61. The minimum Gasteiger partial charge on any atom is -0.480 e. The maximum absolute atomic E-state index is 15.0. The quantitative estimate of drug-likeness (QED) is 0.370. The van der Waals surface area contributed by atoms with Gasteiger partial charge in [-0.05, 0) is 37.5 Å². The molecule has 6 rings (SSSR count). The van der Waals surface area contributed by atoms with Crippen LogP contribution < -0.4 is 4.74 Å². The van der Waals surface area contributed by atoms with Crippen LogP contribution in [0.3, 0.4) is 0 Å². The van der Waals surface area contributed by atoms with Crippen LogP contribution >= 0.6 is 0 Å². The molecule has 0 unspecified atom stereocenters. The van der Waals surface area contributed by atoms with Gasteiger partial charge in [0, 0.05) is 19.2 Å². The van der Waals surface area contributed by atoms with Gasteiger partial charge in [0.2, 0.25) is 5.88 Å². The number of aryl methyl sites for hydroxylation is 2. The number of benzene rings is 1. The highest BCUT2D eigenvalue weighted by Gasteiger charge is 2.31. The summed E-state index contributed by atoms with van der Waals surface area (Å²) in [5.74, 6) is 2.01. The van der Waals surface area contributed by atoms with Gasteiger partial charge in [-0.2, -0.15) is 10.2 Å². The van der Waals surface area contributed by atoms with Gasteiger partial charge in [-0.1, -0.05) is 6.07 Å². The molecule has 1 saturated carbocycles. The van der Waals surface area contributed by atoms with Crippen molar-refractivity contribution >= 4 is 11.0 Å². The van der Waals surface area contributed by atoms with E-state index in [0.717, 1.165) is 29.5 Å². The van der Waals surface area contributed by atoms with Crippen LogP contribution in [0.2, 0.25) is 0 Å². The summed E-state index contributed by atoms with van der Waals surface area (Å²) < 4.78 is 23.8. The Morgan fingerprint density at radius 3 is 2.69 bits per heavy atom. The fraction of sp³-hybridized carbons (Fsp3) is 0.292. The molecule has 5 aromatic rings. The molecule has 0 radical (unpaired) electrons. The summed E-state index contributed by atoms with van der Waals surface area (Å²) in [6.45, 7) is 2.12. The first-order valence-corrected chi connectivity index (χ1v) is 11.3. The summed E-state index contributed by atoms with van der Waals surface area (Å²) in [5.41, 5.74) is 3.39. The molecule has 0 spiro atoms. The molecule has 4 heterocycles. The van der Waals surface area contributed by atoms with Crippen molar-refractivity contribution in [2.45, 2.75) is 32.2 Å². The lowest BCUT2D eigenvalue weighted by molar-refractivity contribution is 0.397. The lowest BCUT2D eigenvalue weighted by Gasteiger charge is -2.11. The molecular weight excluding hydrogens is 449 g/mol. The van der Waals surface area contributed by atoms with E-state index >= 15 is 0 Å². The number of fused-ring (bicyclic) bond motifs is 1. The lowest BCUT2D eigenvalue weighted by Crippen LogP contribution is -2.06. The lowest BCUT2D eigenvalue weighted by atomic mass is 10.1. The molecule has 0 bridgehead atoms. The van der Waals surface area contributed by atoms with Gasteiger partial charge in [0.15, 0.2) is 17.3 Å². The number of rotatable bonds is 6. The second-order valence-electron chi connectivity index (χ2n) is 8.61. The van der Waals surface area contributed by atoms with Gasteiger partial charge in [0.1, 0.15) is 23.5 Å². The second kappa shape index (κ2) is 8.19. The zero-order valence-corrected chi connectivity index (χ0v) is 19.5. The van der Waals surface area contributed by atoms with Crippen molar-refractivity contribution in [3.05, 3.63) is 59.8 Å².